The van der Waals surface area contributed by atoms with Crippen molar-refractivity contribution in [3.8, 4) is 0 Å². The molecule has 21 heavy (non-hydrogen) atoms. The summed E-state index contributed by atoms with van der Waals surface area (Å²) in [6.07, 6.45) is -0.0793. The lowest BCUT2D eigenvalue weighted by Gasteiger charge is -2.13. The predicted molar refractivity (Wildman–Crippen MR) is 69.8 cm³/mol. The number of benzene rings is 1. The monoisotopic (exact) mass is 290 g/mol. The summed E-state index contributed by atoms with van der Waals surface area (Å²) in [5, 5.41) is 30.5. The fourth-order valence-electron chi connectivity index (χ4n) is 2.54. The maximum Gasteiger partial charge on any atom is 0.403 e. The average molecular weight is 290 g/mol. The fraction of sp³-hybridized carbons (Fsp3) is 0.154. The Balaban J connectivity index is 2.20. The lowest BCUT2D eigenvalue weighted by atomic mass is 9.89. The van der Waals surface area contributed by atoms with Gasteiger partial charge in [0, 0.05) is 17.1 Å². The number of carboxylic acid groups (broad SMARTS) is 2. The molecule has 0 spiro atoms. The number of rotatable bonds is 3. The van der Waals surface area contributed by atoms with Gasteiger partial charge in [0.1, 0.15) is 5.92 Å². The van der Waals surface area contributed by atoms with Crippen LogP contribution >= 0.6 is 0 Å². The standard InChI is InChI=1S/C13H10N2O6/c16-12(17)10-9(11(13(18)19)21-15(10)20)7-5-14-8-4-2-1-3-6(7)8/h1-5,9,11,14H,(H,16,17)(H,18,19)/t9-,11-/m1/s1. The van der Waals surface area contributed by atoms with Gasteiger partial charge in [0.25, 0.3) is 0 Å². The summed E-state index contributed by atoms with van der Waals surface area (Å²) in [4.78, 5) is 29.8. The first-order chi connectivity index (χ1) is 10.0. The zero-order valence-electron chi connectivity index (χ0n) is 10.5. The second-order valence-corrected chi connectivity index (χ2v) is 4.58. The Bertz CT molecular complexity index is 778. The molecule has 8 heteroatoms. The summed E-state index contributed by atoms with van der Waals surface area (Å²) in [6.45, 7) is 0. The molecule has 0 amide bonds. The van der Waals surface area contributed by atoms with Gasteiger partial charge in [0.05, 0.1) is 4.90 Å². The Morgan fingerprint density at radius 1 is 1.29 bits per heavy atom. The van der Waals surface area contributed by atoms with Crippen molar-refractivity contribution in [2.24, 2.45) is 0 Å². The highest BCUT2D eigenvalue weighted by Crippen LogP contribution is 2.34. The van der Waals surface area contributed by atoms with E-state index in [9.17, 15) is 14.8 Å². The molecule has 8 nitrogen and oxygen atoms in total. The van der Waals surface area contributed by atoms with Gasteiger partial charge in [-0.1, -0.05) is 18.2 Å². The van der Waals surface area contributed by atoms with Crippen LogP contribution in [0.5, 0.6) is 0 Å². The van der Waals surface area contributed by atoms with E-state index >= 15 is 0 Å². The number of carboxylic acids is 2. The molecule has 3 N–H and O–H groups in total. The Morgan fingerprint density at radius 3 is 2.67 bits per heavy atom. The van der Waals surface area contributed by atoms with Gasteiger partial charge >= 0.3 is 17.7 Å². The highest BCUT2D eigenvalue weighted by molar-refractivity contribution is 6.36. The van der Waals surface area contributed by atoms with Crippen LogP contribution in [0.15, 0.2) is 30.5 Å². The van der Waals surface area contributed by atoms with Crippen LogP contribution in [0.4, 0.5) is 0 Å². The molecule has 1 aliphatic heterocycles. The largest absolute Gasteiger partial charge is 0.480 e. The van der Waals surface area contributed by atoms with E-state index < -0.39 is 29.7 Å². The van der Waals surface area contributed by atoms with E-state index in [-0.39, 0.29) is 4.90 Å². The first kappa shape index (κ1) is 13.0. The van der Waals surface area contributed by atoms with Gasteiger partial charge in [0.2, 0.25) is 0 Å². The average Bonchev–Trinajstić information content (AvgIpc) is 2.99. The van der Waals surface area contributed by atoms with E-state index in [2.05, 4.69) is 9.82 Å². The molecule has 2 heterocycles. The van der Waals surface area contributed by atoms with Crippen LogP contribution in [-0.4, -0.2) is 43.9 Å². The molecule has 2 aromatic rings. The number of aromatic nitrogens is 1. The minimum atomic E-state index is -1.58. The molecular formula is C13H10N2O6. The number of para-hydroxylation sites is 1. The Kier molecular flexibility index (Phi) is 2.79. The zero-order valence-corrected chi connectivity index (χ0v) is 10.5. The van der Waals surface area contributed by atoms with Crippen LogP contribution in [0.2, 0.25) is 0 Å². The van der Waals surface area contributed by atoms with E-state index in [0.717, 1.165) is 0 Å². The summed E-state index contributed by atoms with van der Waals surface area (Å²) in [7, 11) is 0. The number of hydrogen-bond acceptors (Lipinski definition) is 4. The zero-order chi connectivity index (χ0) is 15.1. The van der Waals surface area contributed by atoms with Gasteiger partial charge in [0.15, 0.2) is 6.10 Å². The Morgan fingerprint density at radius 2 is 2.00 bits per heavy atom. The Hall–Kier alpha value is -3.03. The topological polar surface area (TPSA) is 126 Å². The third-order valence-electron chi connectivity index (χ3n) is 3.42. The molecule has 0 fully saturated rings. The highest BCUT2D eigenvalue weighted by Gasteiger charge is 2.49. The summed E-state index contributed by atoms with van der Waals surface area (Å²) >= 11 is 0. The van der Waals surface area contributed by atoms with Crippen LogP contribution in [0.3, 0.4) is 0 Å². The molecule has 1 aliphatic rings. The van der Waals surface area contributed by atoms with Crippen molar-refractivity contribution in [1.29, 1.82) is 0 Å². The molecule has 0 saturated heterocycles. The summed E-state index contributed by atoms with van der Waals surface area (Å²) < 4.78 is 0. The number of carbonyl (C=O) groups is 2. The van der Waals surface area contributed by atoms with Gasteiger partial charge in [-0.2, -0.15) is 0 Å². The van der Waals surface area contributed by atoms with Gasteiger partial charge in [-0.05, 0) is 11.6 Å². The van der Waals surface area contributed by atoms with Crippen LogP contribution in [0.25, 0.3) is 10.9 Å². The molecule has 0 aliphatic carbocycles. The fourth-order valence-corrected chi connectivity index (χ4v) is 2.54. The van der Waals surface area contributed by atoms with Crippen molar-refractivity contribution < 1.29 is 29.5 Å². The maximum absolute atomic E-state index is 11.6. The molecule has 0 saturated carbocycles. The molecule has 2 atom stereocenters. The van der Waals surface area contributed by atoms with Crippen molar-refractivity contribution >= 4 is 28.6 Å². The van der Waals surface area contributed by atoms with E-state index in [1.807, 2.05) is 0 Å². The number of nitrogens with one attached hydrogen (secondary N) is 1. The van der Waals surface area contributed by atoms with Gasteiger partial charge in [-0.25, -0.2) is 4.79 Å². The van der Waals surface area contributed by atoms with Crippen LogP contribution in [-0.2, 0) is 14.4 Å². The normalized spacial score (nSPS) is 21.5. The molecule has 108 valence electrons. The lowest BCUT2D eigenvalue weighted by molar-refractivity contribution is -0.736. The van der Waals surface area contributed by atoms with Crippen LogP contribution < -0.4 is 0 Å². The van der Waals surface area contributed by atoms with Gasteiger partial charge in [-0.3, -0.25) is 10.0 Å². The number of H-pyrrole nitrogens is 1. The molecule has 0 radical (unpaired) electrons. The predicted octanol–water partition coefficient (Wildman–Crippen LogP) is 0.686. The molecule has 3 rings (SSSR count). The van der Waals surface area contributed by atoms with Crippen molar-refractivity contribution in [2.45, 2.75) is 12.0 Å². The summed E-state index contributed by atoms with van der Waals surface area (Å²) in [5.74, 6) is -4.10. The SMILES string of the molecule is O=C(O)C1=[N+]([O-])O[C@@H](C(=O)O)[C@@H]1c1c[nH]c2ccccc12. The van der Waals surface area contributed by atoms with Crippen molar-refractivity contribution in [2.75, 3.05) is 0 Å². The Labute approximate surface area is 117 Å². The third kappa shape index (κ3) is 1.88. The maximum atomic E-state index is 11.6. The van der Waals surface area contributed by atoms with Crippen molar-refractivity contribution in [1.82, 2.24) is 4.98 Å². The second-order valence-electron chi connectivity index (χ2n) is 4.58. The van der Waals surface area contributed by atoms with E-state index in [0.29, 0.717) is 16.5 Å². The summed E-state index contributed by atoms with van der Waals surface area (Å²) in [5.41, 5.74) is 0.464. The van der Waals surface area contributed by atoms with Crippen LogP contribution in [0.1, 0.15) is 11.5 Å². The van der Waals surface area contributed by atoms with Crippen LogP contribution in [0, 0.1) is 5.21 Å². The minimum Gasteiger partial charge on any atom is -0.480 e. The van der Waals surface area contributed by atoms with Gasteiger partial charge < -0.3 is 20.0 Å². The molecule has 0 unspecified atom stereocenters. The van der Waals surface area contributed by atoms with Gasteiger partial charge in [-0.15, -0.1) is 0 Å². The van der Waals surface area contributed by atoms with E-state index in [1.165, 1.54) is 6.20 Å². The lowest BCUT2D eigenvalue weighted by Crippen LogP contribution is -2.32. The first-order valence-corrected chi connectivity index (χ1v) is 6.03. The van der Waals surface area contributed by atoms with E-state index in [4.69, 9.17) is 10.2 Å². The molecule has 1 aromatic heterocycles. The smallest absolute Gasteiger partial charge is 0.403 e. The highest BCUT2D eigenvalue weighted by atomic mass is 16.9. The quantitative estimate of drug-likeness (QED) is 0.714. The number of hydrogen-bond donors (Lipinski definition) is 3. The third-order valence-corrected chi connectivity index (χ3v) is 3.42. The van der Waals surface area contributed by atoms with E-state index in [1.54, 1.807) is 24.3 Å². The minimum absolute atomic E-state index is 0.229. The molecular weight excluding hydrogens is 280 g/mol. The number of aliphatic carboxylic acids is 2. The number of nitrogens with zero attached hydrogens (tertiary/aromatic N) is 1. The summed E-state index contributed by atoms with van der Waals surface area (Å²) in [6, 6.07) is 7.00. The van der Waals surface area contributed by atoms with Crippen molar-refractivity contribution in [3.05, 3.63) is 41.2 Å². The second kappa shape index (κ2) is 4.51. The number of aromatic amines is 1. The molecule has 0 bridgehead atoms. The molecule has 1 aromatic carbocycles. The van der Waals surface area contributed by atoms with Crippen molar-refractivity contribution in [3.63, 3.8) is 0 Å². The first-order valence-electron chi connectivity index (χ1n) is 6.03. The number of fused-ring (bicyclic) bond motifs is 1.